The van der Waals surface area contributed by atoms with Crippen LogP contribution < -0.4 is 10.6 Å². The molecular formula is C10H20N2O2. The van der Waals surface area contributed by atoms with Crippen LogP contribution in [0.25, 0.3) is 0 Å². The van der Waals surface area contributed by atoms with E-state index in [1.807, 2.05) is 6.92 Å². The maximum Gasteiger partial charge on any atom is 0.233 e. The maximum absolute atomic E-state index is 11.2. The molecule has 1 saturated carbocycles. The lowest BCUT2D eigenvalue weighted by Crippen LogP contribution is -2.37. The van der Waals surface area contributed by atoms with Crippen molar-refractivity contribution in [3.05, 3.63) is 0 Å². The fourth-order valence-corrected chi connectivity index (χ4v) is 1.20. The molecule has 0 aromatic heterocycles. The van der Waals surface area contributed by atoms with Gasteiger partial charge in [0, 0.05) is 19.2 Å². The van der Waals surface area contributed by atoms with Crippen molar-refractivity contribution in [2.45, 2.75) is 32.2 Å². The number of hydrogen-bond donors (Lipinski definition) is 3. The van der Waals surface area contributed by atoms with Gasteiger partial charge in [-0.15, -0.1) is 0 Å². The van der Waals surface area contributed by atoms with Crippen molar-refractivity contribution in [2.24, 2.45) is 5.92 Å². The minimum absolute atomic E-state index is 0.0571. The van der Waals surface area contributed by atoms with E-state index in [2.05, 4.69) is 10.6 Å². The summed E-state index contributed by atoms with van der Waals surface area (Å²) in [5.74, 6) is 0.409. The first-order valence-electron chi connectivity index (χ1n) is 5.33. The molecule has 4 nitrogen and oxygen atoms in total. The molecule has 1 rings (SSSR count). The highest BCUT2D eigenvalue weighted by Crippen LogP contribution is 2.17. The van der Waals surface area contributed by atoms with Crippen LogP contribution in [0.5, 0.6) is 0 Å². The largest absolute Gasteiger partial charge is 0.396 e. The second-order valence-electron chi connectivity index (χ2n) is 4.08. The third kappa shape index (κ3) is 5.19. The number of amides is 1. The molecule has 1 unspecified atom stereocenters. The molecule has 0 heterocycles. The molecule has 4 heteroatoms. The van der Waals surface area contributed by atoms with Gasteiger partial charge in [-0.2, -0.15) is 0 Å². The van der Waals surface area contributed by atoms with Crippen LogP contribution in [-0.4, -0.2) is 36.8 Å². The second-order valence-corrected chi connectivity index (χ2v) is 4.08. The van der Waals surface area contributed by atoms with Crippen LogP contribution in [0, 0.1) is 5.92 Å². The van der Waals surface area contributed by atoms with E-state index in [0.29, 0.717) is 25.0 Å². The van der Waals surface area contributed by atoms with E-state index in [0.717, 1.165) is 6.42 Å². The third-order valence-corrected chi connectivity index (χ3v) is 2.40. The molecule has 1 amide bonds. The van der Waals surface area contributed by atoms with Crippen molar-refractivity contribution < 1.29 is 9.90 Å². The monoisotopic (exact) mass is 200 g/mol. The average molecular weight is 200 g/mol. The Morgan fingerprint density at radius 3 is 2.86 bits per heavy atom. The zero-order chi connectivity index (χ0) is 10.4. The van der Waals surface area contributed by atoms with Gasteiger partial charge in [-0.1, -0.05) is 6.92 Å². The minimum atomic E-state index is 0.0571. The van der Waals surface area contributed by atoms with Crippen LogP contribution in [0.15, 0.2) is 0 Å². The van der Waals surface area contributed by atoms with E-state index in [1.165, 1.54) is 12.8 Å². The van der Waals surface area contributed by atoms with E-state index in [4.69, 9.17) is 5.11 Å². The highest BCUT2D eigenvalue weighted by molar-refractivity contribution is 5.78. The highest BCUT2D eigenvalue weighted by atomic mass is 16.3. The standard InChI is InChI=1S/C10H20N2O2/c1-8(4-5-13)6-12-10(14)7-11-9-2-3-9/h8-9,11,13H,2-7H2,1H3,(H,12,14). The van der Waals surface area contributed by atoms with Gasteiger partial charge in [-0.3, -0.25) is 4.79 Å². The van der Waals surface area contributed by atoms with Crippen molar-refractivity contribution in [3.63, 3.8) is 0 Å². The van der Waals surface area contributed by atoms with Gasteiger partial charge in [0.25, 0.3) is 0 Å². The van der Waals surface area contributed by atoms with Crippen LogP contribution >= 0.6 is 0 Å². The van der Waals surface area contributed by atoms with Crippen LogP contribution in [-0.2, 0) is 4.79 Å². The molecule has 0 spiro atoms. The Kier molecular flexibility index (Phi) is 4.90. The van der Waals surface area contributed by atoms with Crippen molar-refractivity contribution in [1.29, 1.82) is 0 Å². The summed E-state index contributed by atoms with van der Waals surface area (Å²) >= 11 is 0. The van der Waals surface area contributed by atoms with E-state index >= 15 is 0 Å². The van der Waals surface area contributed by atoms with Gasteiger partial charge in [-0.25, -0.2) is 0 Å². The summed E-state index contributed by atoms with van der Waals surface area (Å²) < 4.78 is 0. The van der Waals surface area contributed by atoms with Gasteiger partial charge in [0.15, 0.2) is 0 Å². The molecular weight excluding hydrogens is 180 g/mol. The number of hydrogen-bond acceptors (Lipinski definition) is 3. The van der Waals surface area contributed by atoms with Crippen molar-refractivity contribution in [2.75, 3.05) is 19.7 Å². The first-order valence-corrected chi connectivity index (χ1v) is 5.33. The molecule has 82 valence electrons. The van der Waals surface area contributed by atoms with Crippen molar-refractivity contribution in [1.82, 2.24) is 10.6 Å². The van der Waals surface area contributed by atoms with Gasteiger partial charge in [-0.05, 0) is 25.2 Å². The Labute approximate surface area is 85.1 Å². The van der Waals surface area contributed by atoms with Gasteiger partial charge < -0.3 is 15.7 Å². The van der Waals surface area contributed by atoms with Crippen molar-refractivity contribution in [3.8, 4) is 0 Å². The van der Waals surface area contributed by atoms with E-state index in [-0.39, 0.29) is 12.5 Å². The average Bonchev–Trinajstić information content (AvgIpc) is 2.95. The number of carbonyl (C=O) groups is 1. The number of nitrogens with one attached hydrogen (secondary N) is 2. The first kappa shape index (κ1) is 11.5. The first-order chi connectivity index (χ1) is 6.72. The predicted molar refractivity (Wildman–Crippen MR) is 54.9 cm³/mol. The summed E-state index contributed by atoms with van der Waals surface area (Å²) in [5.41, 5.74) is 0. The molecule has 0 bridgehead atoms. The molecule has 3 N–H and O–H groups in total. The third-order valence-electron chi connectivity index (χ3n) is 2.40. The topological polar surface area (TPSA) is 61.4 Å². The van der Waals surface area contributed by atoms with Crippen molar-refractivity contribution >= 4 is 5.91 Å². The summed E-state index contributed by atoms with van der Waals surface area (Å²) in [7, 11) is 0. The molecule has 1 aliphatic rings. The number of rotatable bonds is 7. The molecule has 14 heavy (non-hydrogen) atoms. The van der Waals surface area contributed by atoms with Crippen LogP contribution in [0.3, 0.4) is 0 Å². The van der Waals surface area contributed by atoms with Crippen LogP contribution in [0.4, 0.5) is 0 Å². The smallest absolute Gasteiger partial charge is 0.233 e. The predicted octanol–water partition coefficient (Wildman–Crippen LogP) is -0.127. The SMILES string of the molecule is CC(CCO)CNC(=O)CNC1CC1. The molecule has 1 fully saturated rings. The molecule has 0 aromatic carbocycles. The summed E-state index contributed by atoms with van der Waals surface area (Å²) in [6, 6.07) is 0.579. The lowest BCUT2D eigenvalue weighted by atomic mass is 10.1. The lowest BCUT2D eigenvalue weighted by Gasteiger charge is -2.11. The minimum Gasteiger partial charge on any atom is -0.396 e. The van der Waals surface area contributed by atoms with Gasteiger partial charge in [0.05, 0.1) is 6.54 Å². The van der Waals surface area contributed by atoms with E-state index in [1.54, 1.807) is 0 Å². The number of carbonyl (C=O) groups excluding carboxylic acids is 1. The van der Waals surface area contributed by atoms with E-state index < -0.39 is 0 Å². The van der Waals surface area contributed by atoms with Crippen LogP contribution in [0.1, 0.15) is 26.2 Å². The lowest BCUT2D eigenvalue weighted by molar-refractivity contribution is -0.120. The van der Waals surface area contributed by atoms with Gasteiger partial charge in [0.1, 0.15) is 0 Å². The molecule has 0 aromatic rings. The molecule has 0 aliphatic heterocycles. The van der Waals surface area contributed by atoms with E-state index in [9.17, 15) is 4.79 Å². The fraction of sp³-hybridized carbons (Fsp3) is 0.900. The zero-order valence-corrected chi connectivity index (χ0v) is 8.75. The molecule has 0 radical (unpaired) electrons. The van der Waals surface area contributed by atoms with Gasteiger partial charge in [0.2, 0.25) is 5.91 Å². The molecule has 1 atom stereocenters. The summed E-state index contributed by atoms with van der Waals surface area (Å²) in [4.78, 5) is 11.2. The quantitative estimate of drug-likeness (QED) is 0.536. The second kappa shape index (κ2) is 5.98. The molecule has 1 aliphatic carbocycles. The Balaban J connectivity index is 1.95. The highest BCUT2D eigenvalue weighted by Gasteiger charge is 2.20. The fourth-order valence-electron chi connectivity index (χ4n) is 1.20. The Morgan fingerprint density at radius 2 is 2.29 bits per heavy atom. The Morgan fingerprint density at radius 1 is 1.57 bits per heavy atom. The molecule has 0 saturated heterocycles. The Hall–Kier alpha value is -0.610. The number of aliphatic hydroxyl groups excluding tert-OH is 1. The Bertz CT molecular complexity index is 181. The zero-order valence-electron chi connectivity index (χ0n) is 8.75. The summed E-state index contributed by atoms with van der Waals surface area (Å²) in [6.07, 6.45) is 3.15. The summed E-state index contributed by atoms with van der Waals surface area (Å²) in [5, 5.41) is 14.6. The number of aliphatic hydroxyl groups is 1. The summed E-state index contributed by atoms with van der Waals surface area (Å²) in [6.45, 7) is 3.30. The van der Waals surface area contributed by atoms with Crippen LogP contribution in [0.2, 0.25) is 0 Å². The maximum atomic E-state index is 11.2. The van der Waals surface area contributed by atoms with Gasteiger partial charge >= 0.3 is 0 Å². The normalized spacial score (nSPS) is 17.9.